The predicted molar refractivity (Wildman–Crippen MR) is 46.7 cm³/mol. The summed E-state index contributed by atoms with van der Waals surface area (Å²) < 4.78 is 44.4. The lowest BCUT2D eigenvalue weighted by atomic mass is 10.6. The van der Waals surface area contributed by atoms with Crippen molar-refractivity contribution in [2.24, 2.45) is 0 Å². The molecule has 5 nitrogen and oxygen atoms in total. The molecule has 1 saturated carbocycles. The highest BCUT2D eigenvalue weighted by Gasteiger charge is 2.28. The number of aromatic nitrogens is 2. The zero-order valence-corrected chi connectivity index (χ0v) is 8.25. The Kier molecular flexibility index (Phi) is 2.99. The van der Waals surface area contributed by atoms with E-state index in [1.807, 2.05) is 0 Å². The molecule has 1 aromatic rings. The van der Waals surface area contributed by atoms with Gasteiger partial charge in [0, 0.05) is 6.04 Å². The topological polar surface area (TPSA) is 60.2 Å². The summed E-state index contributed by atoms with van der Waals surface area (Å²) in [6.07, 6.45) is -2.25. The maximum Gasteiger partial charge on any atom is 0.411 e. The molecule has 1 aromatic heterocycles. The smallest absolute Gasteiger partial charge is 0.364 e. The number of ether oxygens (including phenoxy) is 1. The summed E-state index contributed by atoms with van der Waals surface area (Å²) in [4.78, 5) is 3.83. The molecule has 0 atom stereocenters. The first-order valence-electron chi connectivity index (χ1n) is 4.76. The molecule has 0 aliphatic heterocycles. The van der Waals surface area contributed by atoms with Crippen LogP contribution in [0.1, 0.15) is 18.7 Å². The highest BCUT2D eigenvalue weighted by atomic mass is 19.4. The van der Waals surface area contributed by atoms with Crippen molar-refractivity contribution in [2.45, 2.75) is 31.7 Å². The van der Waals surface area contributed by atoms with E-state index in [9.17, 15) is 13.2 Å². The molecule has 0 unspecified atom stereocenters. The quantitative estimate of drug-likeness (QED) is 0.844. The summed E-state index contributed by atoms with van der Waals surface area (Å²) in [5.74, 6) is 0.104. The van der Waals surface area contributed by atoms with E-state index in [4.69, 9.17) is 4.52 Å². The lowest BCUT2D eigenvalue weighted by molar-refractivity contribution is -0.177. The minimum absolute atomic E-state index is 0.104. The third kappa shape index (κ3) is 3.69. The first-order chi connectivity index (χ1) is 7.53. The fourth-order valence-electron chi connectivity index (χ4n) is 1.03. The molecular formula is C8H10F3N3O2. The van der Waals surface area contributed by atoms with Crippen molar-refractivity contribution in [3.63, 3.8) is 0 Å². The Morgan fingerprint density at radius 3 is 2.81 bits per heavy atom. The molecule has 8 heteroatoms. The molecular weight excluding hydrogens is 227 g/mol. The lowest BCUT2D eigenvalue weighted by Gasteiger charge is -2.04. The molecule has 1 fully saturated rings. The van der Waals surface area contributed by atoms with E-state index >= 15 is 0 Å². The average Bonchev–Trinajstić information content (AvgIpc) is 2.84. The Morgan fingerprint density at radius 2 is 2.19 bits per heavy atom. The summed E-state index contributed by atoms with van der Waals surface area (Å²) in [5.41, 5.74) is 0. The van der Waals surface area contributed by atoms with Crippen LogP contribution in [0.5, 0.6) is 0 Å². The summed E-state index contributed by atoms with van der Waals surface area (Å²) in [7, 11) is 0. The SMILES string of the molecule is FC(F)(F)COCc1noc(NC2CC2)n1. The van der Waals surface area contributed by atoms with Crippen LogP contribution in [-0.2, 0) is 11.3 Å². The van der Waals surface area contributed by atoms with Crippen molar-refractivity contribution >= 4 is 6.01 Å². The molecule has 1 heterocycles. The second-order valence-corrected chi connectivity index (χ2v) is 3.54. The molecule has 0 radical (unpaired) electrons. The second-order valence-electron chi connectivity index (χ2n) is 3.54. The Bertz CT molecular complexity index is 349. The molecule has 1 N–H and O–H groups in total. The van der Waals surface area contributed by atoms with Gasteiger partial charge in [-0.15, -0.1) is 0 Å². The van der Waals surface area contributed by atoms with Gasteiger partial charge in [0.2, 0.25) is 0 Å². The number of nitrogens with one attached hydrogen (secondary N) is 1. The molecule has 2 rings (SSSR count). The number of anilines is 1. The number of alkyl halides is 3. The monoisotopic (exact) mass is 237 g/mol. The van der Waals surface area contributed by atoms with Crippen LogP contribution >= 0.6 is 0 Å². The van der Waals surface area contributed by atoms with Gasteiger partial charge in [-0.2, -0.15) is 18.2 Å². The standard InChI is InChI=1S/C8H10F3N3O2/c9-8(10,11)4-15-3-6-13-7(16-14-6)12-5-1-2-5/h5H,1-4H2,(H,12,13,14). The van der Waals surface area contributed by atoms with Crippen LogP contribution < -0.4 is 5.32 Å². The summed E-state index contributed by atoms with van der Waals surface area (Å²) >= 11 is 0. The molecule has 0 spiro atoms. The van der Waals surface area contributed by atoms with Gasteiger partial charge < -0.3 is 14.6 Å². The van der Waals surface area contributed by atoms with Crippen molar-refractivity contribution in [3.05, 3.63) is 5.82 Å². The minimum atomic E-state index is -4.33. The van der Waals surface area contributed by atoms with E-state index in [-0.39, 0.29) is 18.4 Å². The molecule has 1 aliphatic rings. The van der Waals surface area contributed by atoms with Crippen LogP contribution in [-0.4, -0.2) is 29.0 Å². The first-order valence-corrected chi connectivity index (χ1v) is 4.76. The van der Waals surface area contributed by atoms with Gasteiger partial charge in [0.1, 0.15) is 13.2 Å². The molecule has 0 amide bonds. The van der Waals surface area contributed by atoms with Crippen LogP contribution in [0.15, 0.2) is 4.52 Å². The van der Waals surface area contributed by atoms with Gasteiger partial charge in [-0.05, 0) is 12.8 Å². The fraction of sp³-hybridized carbons (Fsp3) is 0.750. The predicted octanol–water partition coefficient (Wildman–Crippen LogP) is 1.72. The van der Waals surface area contributed by atoms with Crippen LogP contribution in [0, 0.1) is 0 Å². The molecule has 0 aromatic carbocycles. The van der Waals surface area contributed by atoms with Crippen molar-refractivity contribution in [3.8, 4) is 0 Å². The molecule has 90 valence electrons. The van der Waals surface area contributed by atoms with Crippen LogP contribution in [0.3, 0.4) is 0 Å². The summed E-state index contributed by atoms with van der Waals surface area (Å²) in [6.45, 7) is -1.62. The fourth-order valence-corrected chi connectivity index (χ4v) is 1.03. The highest BCUT2D eigenvalue weighted by molar-refractivity contribution is 5.23. The molecule has 0 bridgehead atoms. The Hall–Kier alpha value is -1.31. The third-order valence-corrected chi connectivity index (χ3v) is 1.87. The van der Waals surface area contributed by atoms with Gasteiger partial charge in [0.15, 0.2) is 5.82 Å². The average molecular weight is 237 g/mol. The molecule has 0 saturated heterocycles. The minimum Gasteiger partial charge on any atom is -0.364 e. The van der Waals surface area contributed by atoms with Gasteiger partial charge in [0.25, 0.3) is 0 Å². The van der Waals surface area contributed by atoms with Gasteiger partial charge in [0.05, 0.1) is 0 Å². The van der Waals surface area contributed by atoms with E-state index < -0.39 is 12.8 Å². The van der Waals surface area contributed by atoms with E-state index in [0.29, 0.717) is 6.04 Å². The van der Waals surface area contributed by atoms with E-state index in [1.165, 1.54) is 0 Å². The summed E-state index contributed by atoms with van der Waals surface area (Å²) in [5, 5.41) is 6.40. The second kappa shape index (κ2) is 4.28. The number of halogens is 3. The van der Waals surface area contributed by atoms with E-state index in [1.54, 1.807) is 0 Å². The van der Waals surface area contributed by atoms with Gasteiger partial charge in [-0.25, -0.2) is 0 Å². The van der Waals surface area contributed by atoms with Gasteiger partial charge >= 0.3 is 12.2 Å². The largest absolute Gasteiger partial charge is 0.411 e. The normalized spacial score (nSPS) is 16.4. The zero-order valence-electron chi connectivity index (χ0n) is 8.25. The van der Waals surface area contributed by atoms with Crippen molar-refractivity contribution in [1.29, 1.82) is 0 Å². The molecule has 1 aliphatic carbocycles. The van der Waals surface area contributed by atoms with Crippen molar-refractivity contribution in [2.75, 3.05) is 11.9 Å². The van der Waals surface area contributed by atoms with Crippen LogP contribution in [0.25, 0.3) is 0 Å². The number of hydrogen-bond acceptors (Lipinski definition) is 5. The van der Waals surface area contributed by atoms with Crippen LogP contribution in [0.4, 0.5) is 19.2 Å². The maximum absolute atomic E-state index is 11.7. The number of rotatable bonds is 5. The first kappa shape index (κ1) is 11.2. The zero-order chi connectivity index (χ0) is 11.6. The lowest BCUT2D eigenvalue weighted by Crippen LogP contribution is -2.17. The Balaban J connectivity index is 1.74. The van der Waals surface area contributed by atoms with Crippen molar-refractivity contribution in [1.82, 2.24) is 10.1 Å². The van der Waals surface area contributed by atoms with Crippen LogP contribution in [0.2, 0.25) is 0 Å². The Morgan fingerprint density at radius 1 is 1.44 bits per heavy atom. The third-order valence-electron chi connectivity index (χ3n) is 1.87. The number of nitrogens with zero attached hydrogens (tertiary/aromatic N) is 2. The Labute approximate surface area is 89.0 Å². The highest BCUT2D eigenvalue weighted by Crippen LogP contribution is 2.23. The maximum atomic E-state index is 11.7. The van der Waals surface area contributed by atoms with Gasteiger partial charge in [-0.1, -0.05) is 5.16 Å². The van der Waals surface area contributed by atoms with Gasteiger partial charge in [-0.3, -0.25) is 0 Å². The number of hydrogen-bond donors (Lipinski definition) is 1. The van der Waals surface area contributed by atoms with E-state index in [0.717, 1.165) is 12.8 Å². The summed E-state index contributed by atoms with van der Waals surface area (Å²) in [6, 6.07) is 0.581. The molecule has 16 heavy (non-hydrogen) atoms. The van der Waals surface area contributed by atoms with E-state index in [2.05, 4.69) is 20.2 Å². The van der Waals surface area contributed by atoms with Crippen molar-refractivity contribution < 1.29 is 22.4 Å².